The molecule has 1 heterocycles. The van der Waals surface area contributed by atoms with Gasteiger partial charge in [-0.3, -0.25) is 10.1 Å². The molecule has 98 valence electrons. The molecule has 2 aromatic rings. The number of aromatic nitrogens is 2. The number of aryl methyl sites for hydroxylation is 1. The Labute approximate surface area is 107 Å². The van der Waals surface area contributed by atoms with Gasteiger partial charge in [0.2, 0.25) is 11.6 Å². The molecule has 19 heavy (non-hydrogen) atoms. The Morgan fingerprint density at radius 1 is 1.42 bits per heavy atom. The molecule has 0 aliphatic heterocycles. The van der Waals surface area contributed by atoms with Gasteiger partial charge in [-0.05, 0) is 24.6 Å². The Balaban J connectivity index is 2.44. The molecule has 0 fully saturated rings. The summed E-state index contributed by atoms with van der Waals surface area (Å²) in [6.07, 6.45) is 1.07. The van der Waals surface area contributed by atoms with E-state index in [-0.39, 0.29) is 17.3 Å². The summed E-state index contributed by atoms with van der Waals surface area (Å²) in [5, 5.41) is 13.4. The van der Waals surface area contributed by atoms with Gasteiger partial charge in [-0.2, -0.15) is 0 Å². The number of anilines is 3. The average Bonchev–Trinajstić information content (AvgIpc) is 2.32. The van der Waals surface area contributed by atoms with Crippen LogP contribution in [0.5, 0.6) is 0 Å². The van der Waals surface area contributed by atoms with E-state index in [4.69, 9.17) is 5.73 Å². The van der Waals surface area contributed by atoms with Gasteiger partial charge < -0.3 is 11.1 Å². The molecule has 0 aliphatic rings. The first kappa shape index (κ1) is 12.7. The Bertz CT molecular complexity index is 647. The van der Waals surface area contributed by atoms with E-state index in [0.717, 1.165) is 11.9 Å². The number of hydrogen-bond donors (Lipinski definition) is 2. The number of nitrogen functional groups attached to an aromatic ring is 1. The summed E-state index contributed by atoms with van der Waals surface area (Å²) in [5.74, 6) is -0.971. The van der Waals surface area contributed by atoms with E-state index in [2.05, 4.69) is 15.3 Å². The molecule has 0 aliphatic carbocycles. The molecule has 8 heteroatoms. The summed E-state index contributed by atoms with van der Waals surface area (Å²) in [4.78, 5) is 17.4. The van der Waals surface area contributed by atoms with E-state index in [0.29, 0.717) is 0 Å². The Morgan fingerprint density at radius 3 is 2.79 bits per heavy atom. The number of rotatable bonds is 3. The van der Waals surface area contributed by atoms with Crippen molar-refractivity contribution in [2.24, 2.45) is 0 Å². The minimum atomic E-state index is -0.718. The summed E-state index contributed by atoms with van der Waals surface area (Å²) in [7, 11) is 0. The number of nitro groups is 1. The predicted molar refractivity (Wildman–Crippen MR) is 67.5 cm³/mol. The van der Waals surface area contributed by atoms with E-state index in [1.165, 1.54) is 12.1 Å². The maximum absolute atomic E-state index is 13.7. The molecule has 0 bridgehead atoms. The number of hydrogen-bond acceptors (Lipinski definition) is 6. The molecule has 0 saturated heterocycles. The summed E-state index contributed by atoms with van der Waals surface area (Å²) >= 11 is 0. The highest BCUT2D eigenvalue weighted by atomic mass is 19.1. The van der Waals surface area contributed by atoms with Gasteiger partial charge in [0.05, 0.1) is 10.6 Å². The van der Waals surface area contributed by atoms with Crippen molar-refractivity contribution >= 4 is 23.0 Å². The van der Waals surface area contributed by atoms with Gasteiger partial charge in [-0.25, -0.2) is 14.4 Å². The molecule has 3 N–H and O–H groups in total. The minimum absolute atomic E-state index is 0.0757. The van der Waals surface area contributed by atoms with Crippen LogP contribution in [0, 0.1) is 22.9 Å². The lowest BCUT2D eigenvalue weighted by molar-refractivity contribution is -0.383. The molecular weight excluding hydrogens is 253 g/mol. The summed E-state index contributed by atoms with van der Waals surface area (Å²) in [6.45, 7) is 1.73. The molecule has 0 spiro atoms. The van der Waals surface area contributed by atoms with Crippen molar-refractivity contribution < 1.29 is 9.31 Å². The van der Waals surface area contributed by atoms with Crippen molar-refractivity contribution in [3.05, 3.63) is 46.0 Å². The second-order valence-corrected chi connectivity index (χ2v) is 3.82. The van der Waals surface area contributed by atoms with E-state index < -0.39 is 16.4 Å². The fourth-order valence-corrected chi connectivity index (χ4v) is 1.51. The van der Waals surface area contributed by atoms with Crippen molar-refractivity contribution in [1.82, 2.24) is 9.97 Å². The van der Waals surface area contributed by atoms with Gasteiger partial charge in [-0.1, -0.05) is 6.07 Å². The van der Waals surface area contributed by atoms with Crippen LogP contribution in [0.3, 0.4) is 0 Å². The first-order chi connectivity index (χ1) is 8.99. The van der Waals surface area contributed by atoms with Crippen molar-refractivity contribution in [3.63, 3.8) is 0 Å². The second-order valence-electron chi connectivity index (χ2n) is 3.82. The van der Waals surface area contributed by atoms with Crippen molar-refractivity contribution in [1.29, 1.82) is 0 Å². The fourth-order valence-electron chi connectivity index (χ4n) is 1.51. The molecule has 1 aromatic carbocycles. The summed E-state index contributed by atoms with van der Waals surface area (Å²) in [5.41, 5.74) is 5.74. The van der Waals surface area contributed by atoms with Crippen LogP contribution in [0.2, 0.25) is 0 Å². The molecule has 0 unspecified atom stereocenters. The number of nitrogens with two attached hydrogens (primary N) is 1. The maximum atomic E-state index is 13.7. The Hall–Kier alpha value is -2.77. The van der Waals surface area contributed by atoms with Crippen LogP contribution in [-0.4, -0.2) is 14.9 Å². The lowest BCUT2D eigenvalue weighted by atomic mass is 10.2. The zero-order chi connectivity index (χ0) is 14.0. The van der Waals surface area contributed by atoms with E-state index in [1.807, 2.05) is 0 Å². The zero-order valence-electron chi connectivity index (χ0n) is 9.92. The highest BCUT2D eigenvalue weighted by molar-refractivity contribution is 5.72. The van der Waals surface area contributed by atoms with Gasteiger partial charge in [-0.15, -0.1) is 0 Å². The van der Waals surface area contributed by atoms with Gasteiger partial charge in [0, 0.05) is 0 Å². The van der Waals surface area contributed by atoms with Gasteiger partial charge in [0.1, 0.15) is 12.1 Å². The Morgan fingerprint density at radius 2 is 2.16 bits per heavy atom. The molecule has 1 aromatic heterocycles. The topological polar surface area (TPSA) is 107 Å². The third kappa shape index (κ3) is 2.57. The monoisotopic (exact) mass is 263 g/mol. The SMILES string of the molecule is Cc1ccc(Nc2ncnc(N)c2[N+](=O)[O-])c(F)c1. The fraction of sp³-hybridized carbons (Fsp3) is 0.0909. The summed E-state index contributed by atoms with van der Waals surface area (Å²) in [6, 6.07) is 4.44. The smallest absolute Gasteiger partial charge is 0.353 e. The van der Waals surface area contributed by atoms with E-state index in [1.54, 1.807) is 13.0 Å². The quantitative estimate of drug-likeness (QED) is 0.649. The van der Waals surface area contributed by atoms with Crippen LogP contribution in [0.1, 0.15) is 5.56 Å². The van der Waals surface area contributed by atoms with Crippen LogP contribution >= 0.6 is 0 Å². The third-order valence-corrected chi connectivity index (χ3v) is 2.41. The molecule has 0 atom stereocenters. The largest absolute Gasteiger partial charge is 0.378 e. The molecular formula is C11H10FN5O2. The molecule has 7 nitrogen and oxygen atoms in total. The highest BCUT2D eigenvalue weighted by Gasteiger charge is 2.21. The van der Waals surface area contributed by atoms with Crippen LogP contribution in [0.15, 0.2) is 24.5 Å². The first-order valence-electron chi connectivity index (χ1n) is 5.27. The molecule has 0 radical (unpaired) electrons. The third-order valence-electron chi connectivity index (χ3n) is 2.41. The molecule has 0 saturated carbocycles. The van der Waals surface area contributed by atoms with Crippen LogP contribution in [-0.2, 0) is 0 Å². The predicted octanol–water partition coefficient (Wildman–Crippen LogP) is 2.16. The zero-order valence-corrected chi connectivity index (χ0v) is 9.92. The highest BCUT2D eigenvalue weighted by Crippen LogP contribution is 2.29. The minimum Gasteiger partial charge on any atom is -0.378 e. The maximum Gasteiger partial charge on any atom is 0.353 e. The lowest BCUT2D eigenvalue weighted by Gasteiger charge is -2.08. The van der Waals surface area contributed by atoms with Crippen molar-refractivity contribution in [3.8, 4) is 0 Å². The number of nitrogens with zero attached hydrogens (tertiary/aromatic N) is 3. The first-order valence-corrected chi connectivity index (χ1v) is 5.27. The van der Waals surface area contributed by atoms with Crippen LogP contribution < -0.4 is 11.1 Å². The molecule has 0 amide bonds. The van der Waals surface area contributed by atoms with Gasteiger partial charge in [0.15, 0.2) is 0 Å². The average molecular weight is 263 g/mol. The number of halogens is 1. The van der Waals surface area contributed by atoms with Gasteiger partial charge >= 0.3 is 5.69 Å². The number of nitrogens with one attached hydrogen (secondary N) is 1. The number of benzene rings is 1. The normalized spacial score (nSPS) is 10.2. The van der Waals surface area contributed by atoms with Crippen LogP contribution in [0.25, 0.3) is 0 Å². The van der Waals surface area contributed by atoms with Crippen molar-refractivity contribution in [2.45, 2.75) is 6.92 Å². The van der Waals surface area contributed by atoms with Gasteiger partial charge in [0.25, 0.3) is 0 Å². The van der Waals surface area contributed by atoms with E-state index >= 15 is 0 Å². The van der Waals surface area contributed by atoms with E-state index in [9.17, 15) is 14.5 Å². The van der Waals surface area contributed by atoms with Crippen LogP contribution in [0.4, 0.5) is 27.4 Å². The van der Waals surface area contributed by atoms with Crippen molar-refractivity contribution in [2.75, 3.05) is 11.1 Å². The summed E-state index contributed by atoms with van der Waals surface area (Å²) < 4.78 is 13.7. The Kier molecular flexibility index (Phi) is 3.23. The lowest BCUT2D eigenvalue weighted by Crippen LogP contribution is -2.05. The second kappa shape index (κ2) is 4.84. The molecule has 2 rings (SSSR count). The standard InChI is InChI=1S/C11H10FN5O2/c1-6-2-3-8(7(12)4-6)16-11-9(17(18)19)10(13)14-5-15-11/h2-5H,1H3,(H3,13,14,15,16).